The van der Waals surface area contributed by atoms with E-state index in [9.17, 15) is 4.79 Å². The molecule has 2 unspecified atom stereocenters. The van der Waals surface area contributed by atoms with Crippen molar-refractivity contribution in [2.45, 2.75) is 51.6 Å². The van der Waals surface area contributed by atoms with Crippen molar-refractivity contribution in [2.75, 3.05) is 13.2 Å². The lowest BCUT2D eigenvalue weighted by atomic mass is 10.1. The summed E-state index contributed by atoms with van der Waals surface area (Å²) in [5, 5.41) is 6.35. The van der Waals surface area contributed by atoms with Gasteiger partial charge in [-0.05, 0) is 45.4 Å². The Balaban J connectivity index is 1.74. The molecule has 0 saturated carbocycles. The van der Waals surface area contributed by atoms with Crippen LogP contribution in [0.4, 0.5) is 0 Å². The first-order valence-corrected chi connectivity index (χ1v) is 7.88. The van der Waals surface area contributed by atoms with Gasteiger partial charge in [0.25, 0.3) is 0 Å². The van der Waals surface area contributed by atoms with Crippen LogP contribution in [-0.4, -0.2) is 31.1 Å². The number of nitrogens with one attached hydrogen (secondary N) is 2. The van der Waals surface area contributed by atoms with Crippen molar-refractivity contribution in [1.29, 1.82) is 0 Å². The molecule has 21 heavy (non-hydrogen) atoms. The van der Waals surface area contributed by atoms with E-state index >= 15 is 0 Å². The second-order valence-electron chi connectivity index (χ2n) is 5.89. The number of amides is 1. The minimum absolute atomic E-state index is 0.00357. The van der Waals surface area contributed by atoms with Crippen LogP contribution in [0.2, 0.25) is 0 Å². The van der Waals surface area contributed by atoms with Gasteiger partial charge in [0, 0.05) is 0 Å². The van der Waals surface area contributed by atoms with Crippen LogP contribution in [-0.2, 0) is 4.79 Å². The summed E-state index contributed by atoms with van der Waals surface area (Å²) in [5.41, 5.74) is 1.21. The number of hydrogen-bond donors (Lipinski definition) is 2. The van der Waals surface area contributed by atoms with Gasteiger partial charge >= 0.3 is 0 Å². The number of aryl methyl sites for hydroxylation is 1. The zero-order valence-electron chi connectivity index (χ0n) is 13.0. The fourth-order valence-electron chi connectivity index (χ4n) is 2.49. The van der Waals surface area contributed by atoms with E-state index in [0.717, 1.165) is 31.6 Å². The molecule has 1 aliphatic heterocycles. The molecule has 1 saturated heterocycles. The van der Waals surface area contributed by atoms with E-state index in [0.29, 0.717) is 6.61 Å². The summed E-state index contributed by atoms with van der Waals surface area (Å²) < 4.78 is 5.70. The van der Waals surface area contributed by atoms with Crippen LogP contribution in [0.3, 0.4) is 0 Å². The molecule has 2 rings (SSSR count). The minimum atomic E-state index is -0.0469. The van der Waals surface area contributed by atoms with Gasteiger partial charge in [-0.1, -0.05) is 30.5 Å². The van der Waals surface area contributed by atoms with Crippen LogP contribution in [0.1, 0.15) is 38.2 Å². The second kappa shape index (κ2) is 8.03. The molecule has 1 aromatic rings. The zero-order chi connectivity index (χ0) is 15.1. The summed E-state index contributed by atoms with van der Waals surface area (Å²) in [7, 11) is 0. The van der Waals surface area contributed by atoms with Gasteiger partial charge in [-0.3, -0.25) is 4.79 Å². The molecule has 0 radical (unpaired) electrons. The average Bonchev–Trinajstić information content (AvgIpc) is 2.76. The topological polar surface area (TPSA) is 50.4 Å². The van der Waals surface area contributed by atoms with Crippen molar-refractivity contribution in [1.82, 2.24) is 10.6 Å². The Hall–Kier alpha value is -1.55. The lowest BCUT2D eigenvalue weighted by Crippen LogP contribution is -2.48. The Kier molecular flexibility index (Phi) is 6.05. The highest BCUT2D eigenvalue weighted by molar-refractivity contribution is 5.82. The lowest BCUT2D eigenvalue weighted by Gasteiger charge is -2.20. The molecular formula is C17H26N2O2. The van der Waals surface area contributed by atoms with Crippen LogP contribution in [0.5, 0.6) is 5.75 Å². The van der Waals surface area contributed by atoms with E-state index in [1.165, 1.54) is 12.0 Å². The van der Waals surface area contributed by atoms with Gasteiger partial charge in [0.15, 0.2) is 0 Å². The molecule has 116 valence electrons. The van der Waals surface area contributed by atoms with Crippen molar-refractivity contribution >= 4 is 5.91 Å². The summed E-state index contributed by atoms with van der Waals surface area (Å²) in [5.74, 6) is 0.936. The summed E-state index contributed by atoms with van der Waals surface area (Å²) >= 11 is 0. The molecule has 1 aromatic carbocycles. The van der Waals surface area contributed by atoms with Crippen molar-refractivity contribution in [3.05, 3.63) is 29.8 Å². The van der Waals surface area contributed by atoms with Crippen molar-refractivity contribution in [3.63, 3.8) is 0 Å². The molecule has 0 spiro atoms. The molecule has 0 aliphatic carbocycles. The van der Waals surface area contributed by atoms with Crippen molar-refractivity contribution in [2.24, 2.45) is 0 Å². The van der Waals surface area contributed by atoms with Crippen LogP contribution in [0.15, 0.2) is 24.3 Å². The normalized spacial score (nSPS) is 20.4. The first-order chi connectivity index (χ1) is 10.1. The molecule has 1 amide bonds. The molecule has 1 heterocycles. The second-order valence-corrected chi connectivity index (χ2v) is 5.89. The average molecular weight is 290 g/mol. The standard InChI is InChI=1S/C17H26N2O2/c1-13-7-9-15(10-8-13)21-12-14(2)19-17(20)16-6-4-3-5-11-18-16/h7-10,14,16,18H,3-6,11-12H2,1-2H3,(H,19,20). The summed E-state index contributed by atoms with van der Waals surface area (Å²) in [6.45, 7) is 5.45. The lowest BCUT2D eigenvalue weighted by molar-refractivity contribution is -0.124. The van der Waals surface area contributed by atoms with Gasteiger partial charge < -0.3 is 15.4 Å². The number of carbonyl (C=O) groups is 1. The number of rotatable bonds is 5. The third-order valence-electron chi connectivity index (χ3n) is 3.79. The minimum Gasteiger partial charge on any atom is -0.491 e. The maximum absolute atomic E-state index is 12.2. The maximum Gasteiger partial charge on any atom is 0.237 e. The van der Waals surface area contributed by atoms with Gasteiger partial charge in [0.1, 0.15) is 12.4 Å². The Bertz CT molecular complexity index is 437. The third kappa shape index (κ3) is 5.38. The molecule has 0 aromatic heterocycles. The Morgan fingerprint density at radius 3 is 2.86 bits per heavy atom. The van der Waals surface area contributed by atoms with Crippen molar-refractivity contribution in [3.8, 4) is 5.75 Å². The van der Waals surface area contributed by atoms with Gasteiger partial charge in [0.2, 0.25) is 5.91 Å². The van der Waals surface area contributed by atoms with Crippen LogP contribution >= 0.6 is 0 Å². The van der Waals surface area contributed by atoms with Crippen molar-refractivity contribution < 1.29 is 9.53 Å². The third-order valence-corrected chi connectivity index (χ3v) is 3.79. The van der Waals surface area contributed by atoms with E-state index in [1.54, 1.807) is 0 Å². The summed E-state index contributed by atoms with van der Waals surface area (Å²) in [6.07, 6.45) is 4.43. The monoisotopic (exact) mass is 290 g/mol. The fourth-order valence-corrected chi connectivity index (χ4v) is 2.49. The van der Waals surface area contributed by atoms with Gasteiger partial charge in [-0.2, -0.15) is 0 Å². The number of carbonyl (C=O) groups excluding carboxylic acids is 1. The smallest absolute Gasteiger partial charge is 0.237 e. The molecule has 1 aliphatic rings. The van der Waals surface area contributed by atoms with Crippen LogP contribution in [0, 0.1) is 6.92 Å². The van der Waals surface area contributed by atoms with Gasteiger partial charge in [-0.15, -0.1) is 0 Å². The molecule has 0 bridgehead atoms. The van der Waals surface area contributed by atoms with E-state index < -0.39 is 0 Å². The maximum atomic E-state index is 12.2. The largest absolute Gasteiger partial charge is 0.491 e. The van der Waals surface area contributed by atoms with E-state index in [-0.39, 0.29) is 18.0 Å². The molecular weight excluding hydrogens is 264 g/mol. The van der Waals surface area contributed by atoms with E-state index in [2.05, 4.69) is 10.6 Å². The Morgan fingerprint density at radius 1 is 1.33 bits per heavy atom. The Labute approximate surface area is 127 Å². The summed E-state index contributed by atoms with van der Waals surface area (Å²) in [4.78, 5) is 12.2. The predicted molar refractivity (Wildman–Crippen MR) is 84.5 cm³/mol. The Morgan fingerprint density at radius 2 is 2.10 bits per heavy atom. The zero-order valence-corrected chi connectivity index (χ0v) is 13.0. The first-order valence-electron chi connectivity index (χ1n) is 7.88. The molecule has 4 nitrogen and oxygen atoms in total. The molecule has 2 N–H and O–H groups in total. The quantitative estimate of drug-likeness (QED) is 0.875. The first kappa shape index (κ1) is 15.8. The molecule has 4 heteroatoms. The van der Waals surface area contributed by atoms with Gasteiger partial charge in [-0.25, -0.2) is 0 Å². The van der Waals surface area contributed by atoms with Crippen LogP contribution < -0.4 is 15.4 Å². The van der Waals surface area contributed by atoms with E-state index in [4.69, 9.17) is 4.74 Å². The predicted octanol–water partition coefficient (Wildman–Crippen LogP) is 2.41. The highest BCUT2D eigenvalue weighted by Crippen LogP contribution is 2.12. The fraction of sp³-hybridized carbons (Fsp3) is 0.588. The molecule has 1 fully saturated rings. The number of benzene rings is 1. The highest BCUT2D eigenvalue weighted by atomic mass is 16.5. The van der Waals surface area contributed by atoms with E-state index in [1.807, 2.05) is 38.1 Å². The number of hydrogen-bond acceptors (Lipinski definition) is 3. The highest BCUT2D eigenvalue weighted by Gasteiger charge is 2.20. The molecule has 2 atom stereocenters. The van der Waals surface area contributed by atoms with Gasteiger partial charge in [0.05, 0.1) is 12.1 Å². The number of ether oxygens (including phenoxy) is 1. The summed E-state index contributed by atoms with van der Waals surface area (Å²) in [6, 6.07) is 7.91. The van der Waals surface area contributed by atoms with Crippen LogP contribution in [0.25, 0.3) is 0 Å². The SMILES string of the molecule is Cc1ccc(OCC(C)NC(=O)C2CCCCCN2)cc1.